The minimum Gasteiger partial charge on any atom is -0.463 e. The molecule has 2 aromatic rings. The van der Waals surface area contributed by atoms with Gasteiger partial charge in [0.2, 0.25) is 0 Å². The van der Waals surface area contributed by atoms with E-state index in [1.54, 1.807) is 0 Å². The highest BCUT2D eigenvalue weighted by molar-refractivity contribution is 5.69. The van der Waals surface area contributed by atoms with Gasteiger partial charge in [-0.25, -0.2) is 0 Å². The number of carbonyl (C=O) groups is 1. The van der Waals surface area contributed by atoms with Crippen molar-refractivity contribution in [3.8, 4) is 0 Å². The van der Waals surface area contributed by atoms with Gasteiger partial charge in [-0.05, 0) is 17.5 Å². The van der Waals surface area contributed by atoms with Crippen molar-refractivity contribution in [2.75, 3.05) is 6.61 Å². The minimum atomic E-state index is -0.253. The van der Waals surface area contributed by atoms with Gasteiger partial charge in [0.15, 0.2) is 0 Å². The van der Waals surface area contributed by atoms with Crippen molar-refractivity contribution in [3.05, 3.63) is 71.8 Å². The molecule has 1 atom stereocenters. The Bertz CT molecular complexity index is 759. The van der Waals surface area contributed by atoms with Gasteiger partial charge >= 0.3 is 5.97 Å². The largest absolute Gasteiger partial charge is 0.463 e. The molecule has 0 saturated heterocycles. The fraction of sp³-hybridized carbons (Fsp3) is 0.606. The van der Waals surface area contributed by atoms with Gasteiger partial charge in [-0.15, -0.1) is 0 Å². The fourth-order valence-electron chi connectivity index (χ4n) is 4.56. The first-order chi connectivity index (χ1) is 17.8. The number of benzene rings is 2. The molecule has 1 unspecified atom stereocenters. The summed E-state index contributed by atoms with van der Waals surface area (Å²) in [4.78, 5) is 12.3. The first-order valence-corrected chi connectivity index (χ1v) is 14.7. The molecule has 0 saturated carbocycles. The molecule has 0 aliphatic heterocycles. The SMILES string of the molecule is CCCCCCCCCCCCCCCCCC(=O)OCC(OCc1ccccc1)c1ccccc1. The standard InChI is InChI=1S/C33H50O3/c1-2-3-4-5-6-7-8-9-10-11-12-13-14-15-22-27-33(34)36-29-32(31-25-20-17-21-26-31)35-28-30-23-18-16-19-24-30/h16-21,23-26,32H,2-15,22,27-29H2,1H3. The number of unbranched alkanes of at least 4 members (excludes halogenated alkanes) is 14. The van der Waals surface area contributed by atoms with E-state index in [9.17, 15) is 4.79 Å². The summed E-state index contributed by atoms with van der Waals surface area (Å²) in [7, 11) is 0. The van der Waals surface area contributed by atoms with E-state index in [0.29, 0.717) is 13.0 Å². The van der Waals surface area contributed by atoms with Crippen LogP contribution in [0, 0.1) is 0 Å². The summed E-state index contributed by atoms with van der Waals surface area (Å²) < 4.78 is 11.7. The quantitative estimate of drug-likeness (QED) is 0.121. The maximum atomic E-state index is 12.3. The van der Waals surface area contributed by atoms with E-state index in [1.807, 2.05) is 60.7 Å². The molecule has 200 valence electrons. The summed E-state index contributed by atoms with van der Waals surface area (Å²) in [5.74, 6) is -0.117. The molecular weight excluding hydrogens is 444 g/mol. The van der Waals surface area contributed by atoms with Gasteiger partial charge < -0.3 is 9.47 Å². The summed E-state index contributed by atoms with van der Waals surface area (Å²) in [6.07, 6.45) is 20.1. The minimum absolute atomic E-state index is 0.117. The number of carbonyl (C=O) groups excluding carboxylic acids is 1. The van der Waals surface area contributed by atoms with E-state index in [0.717, 1.165) is 24.0 Å². The lowest BCUT2D eigenvalue weighted by Gasteiger charge is -2.18. The molecule has 0 heterocycles. The van der Waals surface area contributed by atoms with Crippen LogP contribution < -0.4 is 0 Å². The zero-order valence-electron chi connectivity index (χ0n) is 22.8. The second-order valence-electron chi connectivity index (χ2n) is 10.1. The Morgan fingerprint density at radius 2 is 1.11 bits per heavy atom. The van der Waals surface area contributed by atoms with E-state index in [4.69, 9.17) is 9.47 Å². The van der Waals surface area contributed by atoms with Crippen LogP contribution in [0.4, 0.5) is 0 Å². The molecule has 0 aliphatic rings. The topological polar surface area (TPSA) is 35.5 Å². The molecule has 3 heteroatoms. The number of hydrogen-bond acceptors (Lipinski definition) is 3. The van der Waals surface area contributed by atoms with E-state index in [2.05, 4.69) is 6.92 Å². The lowest BCUT2D eigenvalue weighted by Crippen LogP contribution is -2.15. The first kappa shape index (κ1) is 30.1. The summed E-state index contributed by atoms with van der Waals surface area (Å²) in [5, 5.41) is 0. The van der Waals surface area contributed by atoms with Crippen molar-refractivity contribution < 1.29 is 14.3 Å². The van der Waals surface area contributed by atoms with Gasteiger partial charge in [0, 0.05) is 6.42 Å². The fourth-order valence-corrected chi connectivity index (χ4v) is 4.56. The number of hydrogen-bond donors (Lipinski definition) is 0. The van der Waals surface area contributed by atoms with Crippen LogP contribution in [0.2, 0.25) is 0 Å². The van der Waals surface area contributed by atoms with Gasteiger partial charge in [-0.2, -0.15) is 0 Å². The molecule has 0 amide bonds. The van der Waals surface area contributed by atoms with Gasteiger partial charge in [-0.3, -0.25) is 4.79 Å². The molecule has 0 fully saturated rings. The molecule has 0 spiro atoms. The highest BCUT2D eigenvalue weighted by atomic mass is 16.6. The van der Waals surface area contributed by atoms with Crippen LogP contribution in [0.15, 0.2) is 60.7 Å². The van der Waals surface area contributed by atoms with E-state index in [-0.39, 0.29) is 18.7 Å². The second-order valence-corrected chi connectivity index (χ2v) is 10.1. The number of ether oxygens (including phenoxy) is 2. The predicted octanol–water partition coefficient (Wildman–Crippen LogP) is 9.75. The maximum absolute atomic E-state index is 12.3. The number of esters is 1. The second kappa shape index (κ2) is 21.0. The zero-order valence-corrected chi connectivity index (χ0v) is 22.8. The van der Waals surface area contributed by atoms with E-state index >= 15 is 0 Å². The van der Waals surface area contributed by atoms with Gasteiger partial charge in [0.05, 0.1) is 6.61 Å². The van der Waals surface area contributed by atoms with Crippen LogP contribution in [0.1, 0.15) is 127 Å². The molecule has 0 bridgehead atoms. The van der Waals surface area contributed by atoms with E-state index in [1.165, 1.54) is 83.5 Å². The third-order valence-electron chi connectivity index (χ3n) is 6.85. The molecule has 0 N–H and O–H groups in total. The number of rotatable bonds is 22. The Morgan fingerprint density at radius 3 is 1.64 bits per heavy atom. The molecule has 36 heavy (non-hydrogen) atoms. The Hall–Kier alpha value is -2.13. The van der Waals surface area contributed by atoms with Crippen LogP contribution in [0.3, 0.4) is 0 Å². The maximum Gasteiger partial charge on any atom is 0.305 e. The Kier molecular flexibility index (Phi) is 17.6. The Balaban J connectivity index is 1.48. The van der Waals surface area contributed by atoms with Gasteiger partial charge in [0.1, 0.15) is 12.7 Å². The van der Waals surface area contributed by atoms with Crippen molar-refractivity contribution in [2.24, 2.45) is 0 Å². The normalized spacial score (nSPS) is 11.9. The molecule has 0 aromatic heterocycles. The van der Waals surface area contributed by atoms with Crippen molar-refractivity contribution in [3.63, 3.8) is 0 Å². The van der Waals surface area contributed by atoms with Crippen LogP contribution in [-0.4, -0.2) is 12.6 Å². The van der Waals surface area contributed by atoms with Gasteiger partial charge in [0.25, 0.3) is 0 Å². The highest BCUT2D eigenvalue weighted by Gasteiger charge is 2.15. The van der Waals surface area contributed by atoms with Crippen LogP contribution in [-0.2, 0) is 20.9 Å². The van der Waals surface area contributed by atoms with Crippen molar-refractivity contribution in [1.82, 2.24) is 0 Å². The van der Waals surface area contributed by atoms with Crippen molar-refractivity contribution in [1.29, 1.82) is 0 Å². The van der Waals surface area contributed by atoms with Crippen LogP contribution in [0.25, 0.3) is 0 Å². The lowest BCUT2D eigenvalue weighted by atomic mass is 10.0. The van der Waals surface area contributed by atoms with Crippen LogP contribution in [0.5, 0.6) is 0 Å². The smallest absolute Gasteiger partial charge is 0.305 e. The highest BCUT2D eigenvalue weighted by Crippen LogP contribution is 2.20. The molecular formula is C33H50O3. The molecule has 0 radical (unpaired) electrons. The third-order valence-corrected chi connectivity index (χ3v) is 6.85. The first-order valence-electron chi connectivity index (χ1n) is 14.7. The molecule has 3 nitrogen and oxygen atoms in total. The summed E-state index contributed by atoms with van der Waals surface area (Å²) >= 11 is 0. The zero-order chi connectivity index (χ0) is 25.5. The van der Waals surface area contributed by atoms with Crippen molar-refractivity contribution in [2.45, 2.75) is 122 Å². The third kappa shape index (κ3) is 15.1. The lowest BCUT2D eigenvalue weighted by molar-refractivity contribution is -0.148. The predicted molar refractivity (Wildman–Crippen MR) is 151 cm³/mol. The molecule has 0 aliphatic carbocycles. The van der Waals surface area contributed by atoms with Crippen LogP contribution >= 0.6 is 0 Å². The average molecular weight is 495 g/mol. The Labute approximate surface area is 221 Å². The van der Waals surface area contributed by atoms with Crippen molar-refractivity contribution >= 4 is 5.97 Å². The Morgan fingerprint density at radius 1 is 0.639 bits per heavy atom. The summed E-state index contributed by atoms with van der Waals surface area (Å²) in [6, 6.07) is 20.1. The molecule has 2 aromatic carbocycles. The van der Waals surface area contributed by atoms with E-state index < -0.39 is 0 Å². The van der Waals surface area contributed by atoms with Gasteiger partial charge in [-0.1, -0.05) is 157 Å². The average Bonchev–Trinajstić information content (AvgIpc) is 2.92. The summed E-state index contributed by atoms with van der Waals surface area (Å²) in [6.45, 7) is 3.03. The molecule has 2 rings (SSSR count). The monoisotopic (exact) mass is 494 g/mol. The summed E-state index contributed by atoms with van der Waals surface area (Å²) in [5.41, 5.74) is 2.15.